The van der Waals surface area contributed by atoms with Gasteiger partial charge in [0.25, 0.3) is 5.91 Å². The van der Waals surface area contributed by atoms with Crippen molar-refractivity contribution in [2.45, 2.75) is 27.0 Å². The van der Waals surface area contributed by atoms with Gasteiger partial charge in [0.1, 0.15) is 18.9 Å². The van der Waals surface area contributed by atoms with Crippen LogP contribution in [-0.2, 0) is 17.9 Å². The van der Waals surface area contributed by atoms with Crippen molar-refractivity contribution in [3.05, 3.63) is 93.7 Å². The molecule has 0 aliphatic heterocycles. The van der Waals surface area contributed by atoms with E-state index < -0.39 is 0 Å². The van der Waals surface area contributed by atoms with Crippen LogP contribution < -0.4 is 10.2 Å². The molecule has 0 saturated heterocycles. The predicted molar refractivity (Wildman–Crippen MR) is 130 cm³/mol. The van der Waals surface area contributed by atoms with E-state index in [2.05, 4.69) is 55.8 Å². The molecule has 0 fully saturated rings. The van der Waals surface area contributed by atoms with Crippen molar-refractivity contribution in [1.82, 2.24) is 15.2 Å². The molecular weight excluding hydrogens is 468 g/mol. The number of rotatable bonds is 7. The molecule has 6 nitrogen and oxygen atoms in total. The lowest BCUT2D eigenvalue weighted by molar-refractivity contribution is -0.121. The summed E-state index contributed by atoms with van der Waals surface area (Å²) in [6, 6.07) is 22.1. The number of aryl methyl sites for hydroxylation is 1. The van der Waals surface area contributed by atoms with Crippen LogP contribution in [0.25, 0.3) is 10.8 Å². The molecule has 1 heterocycles. The van der Waals surface area contributed by atoms with Crippen LogP contribution >= 0.6 is 15.9 Å². The van der Waals surface area contributed by atoms with Crippen LogP contribution in [0.2, 0.25) is 0 Å². The van der Waals surface area contributed by atoms with Crippen LogP contribution in [0.5, 0.6) is 5.75 Å². The Morgan fingerprint density at radius 2 is 1.84 bits per heavy atom. The average Bonchev–Trinajstić information content (AvgIpc) is 3.05. The molecule has 3 aromatic carbocycles. The summed E-state index contributed by atoms with van der Waals surface area (Å²) in [5.74, 6) is 0.531. The number of hydrogen-bond acceptors (Lipinski definition) is 4. The number of carbonyl (C=O) groups excluding carboxylic acids is 1. The molecule has 0 unspecified atom stereocenters. The van der Waals surface area contributed by atoms with Gasteiger partial charge in [-0.05, 0) is 75.9 Å². The van der Waals surface area contributed by atoms with Crippen molar-refractivity contribution in [3.8, 4) is 5.75 Å². The third-order valence-electron chi connectivity index (χ3n) is 5.14. The van der Waals surface area contributed by atoms with Crippen molar-refractivity contribution in [2.24, 2.45) is 5.10 Å². The smallest absolute Gasteiger partial charge is 0.261 e. The van der Waals surface area contributed by atoms with E-state index in [9.17, 15) is 4.79 Å². The summed E-state index contributed by atoms with van der Waals surface area (Å²) in [6.07, 6.45) is 1.60. The Kier molecular flexibility index (Phi) is 6.66. The van der Waals surface area contributed by atoms with E-state index in [1.165, 1.54) is 10.8 Å². The zero-order valence-corrected chi connectivity index (χ0v) is 19.5. The van der Waals surface area contributed by atoms with E-state index in [-0.39, 0.29) is 12.5 Å². The van der Waals surface area contributed by atoms with Crippen molar-refractivity contribution in [1.29, 1.82) is 0 Å². The number of hydrogen-bond donors (Lipinski definition) is 1. The van der Waals surface area contributed by atoms with Gasteiger partial charge in [-0.25, -0.2) is 5.43 Å². The molecule has 0 spiro atoms. The van der Waals surface area contributed by atoms with Crippen LogP contribution in [0.3, 0.4) is 0 Å². The zero-order valence-electron chi connectivity index (χ0n) is 17.9. The van der Waals surface area contributed by atoms with Gasteiger partial charge < -0.3 is 4.74 Å². The first-order chi connectivity index (χ1) is 15.5. The number of nitrogens with zero attached hydrogens (tertiary/aromatic N) is 3. The first kappa shape index (κ1) is 21.8. The fraction of sp³-hybridized carbons (Fsp3) is 0.160. The maximum atomic E-state index is 12.1. The number of halogens is 1. The second kappa shape index (κ2) is 9.78. The maximum absolute atomic E-state index is 12.1. The zero-order chi connectivity index (χ0) is 22.5. The molecule has 0 bridgehead atoms. The molecule has 0 radical (unpaired) electrons. The second-order valence-corrected chi connectivity index (χ2v) is 8.22. The molecule has 1 amide bonds. The van der Waals surface area contributed by atoms with Gasteiger partial charge in [0.2, 0.25) is 0 Å². The minimum absolute atomic E-state index is 0.108. The minimum Gasteiger partial charge on any atom is -0.489 e. The summed E-state index contributed by atoms with van der Waals surface area (Å²) in [7, 11) is 0. The van der Waals surface area contributed by atoms with Gasteiger partial charge in [-0.1, -0.05) is 42.5 Å². The molecule has 4 aromatic rings. The summed E-state index contributed by atoms with van der Waals surface area (Å²) in [5.41, 5.74) is 6.29. The Hall–Kier alpha value is -3.45. The number of fused-ring (bicyclic) bond motifs is 1. The van der Waals surface area contributed by atoms with E-state index >= 15 is 0 Å². The summed E-state index contributed by atoms with van der Waals surface area (Å²) in [5, 5.41) is 10.8. The lowest BCUT2D eigenvalue weighted by atomic mass is 10.1. The highest BCUT2D eigenvalue weighted by Gasteiger charge is 2.11. The Bertz CT molecular complexity index is 1270. The van der Waals surface area contributed by atoms with Crippen molar-refractivity contribution < 1.29 is 9.53 Å². The quantitative estimate of drug-likeness (QED) is 0.287. The van der Waals surface area contributed by atoms with Crippen molar-refractivity contribution >= 4 is 38.8 Å². The molecule has 0 aliphatic rings. The van der Waals surface area contributed by atoms with Crippen LogP contribution in [0.1, 0.15) is 22.5 Å². The summed E-state index contributed by atoms with van der Waals surface area (Å²) < 4.78 is 8.52. The molecule has 162 valence electrons. The molecule has 1 N–H and O–H groups in total. The van der Waals surface area contributed by atoms with Gasteiger partial charge in [-0.15, -0.1) is 0 Å². The SMILES string of the molecule is Cc1nn(CC(=O)N/N=C/c2ccc(OCc3cccc4ccccc34)cc2)c(C)c1Br. The number of hydrazone groups is 1. The summed E-state index contributed by atoms with van der Waals surface area (Å²) in [6.45, 7) is 4.40. The molecule has 7 heteroatoms. The lowest BCUT2D eigenvalue weighted by Gasteiger charge is -2.09. The van der Waals surface area contributed by atoms with Crippen molar-refractivity contribution in [2.75, 3.05) is 0 Å². The van der Waals surface area contributed by atoms with Gasteiger partial charge >= 0.3 is 0 Å². The standard InChI is InChI=1S/C25H23BrN4O2/c1-17-25(26)18(2)30(29-17)15-24(31)28-27-14-19-10-12-22(13-11-19)32-16-21-8-5-7-20-6-3-4-9-23(20)21/h3-14H,15-16H2,1-2H3,(H,28,31)/b27-14+. The van der Waals surface area contributed by atoms with Gasteiger partial charge in [0.05, 0.1) is 22.1 Å². The fourth-order valence-electron chi connectivity index (χ4n) is 3.41. The molecule has 0 saturated carbocycles. The highest BCUT2D eigenvalue weighted by molar-refractivity contribution is 9.10. The Labute approximate surface area is 195 Å². The number of amides is 1. The van der Waals surface area contributed by atoms with Crippen molar-refractivity contribution in [3.63, 3.8) is 0 Å². The number of nitrogens with one attached hydrogen (secondary N) is 1. The highest BCUT2D eigenvalue weighted by atomic mass is 79.9. The highest BCUT2D eigenvalue weighted by Crippen LogP contribution is 2.21. The van der Waals surface area contributed by atoms with E-state index in [0.717, 1.165) is 32.7 Å². The van der Waals surface area contributed by atoms with Crippen LogP contribution in [0.4, 0.5) is 0 Å². The third-order valence-corrected chi connectivity index (χ3v) is 6.29. The van der Waals surface area contributed by atoms with Crippen LogP contribution in [0.15, 0.2) is 76.3 Å². The number of benzene rings is 3. The molecular formula is C25H23BrN4O2. The molecule has 0 aliphatic carbocycles. The Morgan fingerprint density at radius 3 is 2.59 bits per heavy atom. The lowest BCUT2D eigenvalue weighted by Crippen LogP contribution is -2.24. The van der Waals surface area contributed by atoms with E-state index in [1.807, 2.05) is 56.3 Å². The fourth-order valence-corrected chi connectivity index (χ4v) is 3.69. The average molecular weight is 491 g/mol. The number of carbonyl (C=O) groups is 1. The molecule has 4 rings (SSSR count). The Morgan fingerprint density at radius 1 is 1.09 bits per heavy atom. The van der Waals surface area contributed by atoms with E-state index in [1.54, 1.807) is 10.9 Å². The first-order valence-electron chi connectivity index (χ1n) is 10.2. The molecule has 0 atom stereocenters. The van der Waals surface area contributed by atoms with Gasteiger partial charge in [-0.3, -0.25) is 9.48 Å². The van der Waals surface area contributed by atoms with Gasteiger partial charge in [0.15, 0.2) is 0 Å². The Balaban J connectivity index is 1.31. The minimum atomic E-state index is -0.241. The molecule has 32 heavy (non-hydrogen) atoms. The van der Waals surface area contributed by atoms with Crippen LogP contribution in [-0.4, -0.2) is 21.9 Å². The second-order valence-electron chi connectivity index (χ2n) is 7.43. The topological polar surface area (TPSA) is 68.5 Å². The van der Waals surface area contributed by atoms with Gasteiger partial charge in [0, 0.05) is 0 Å². The predicted octanol–water partition coefficient (Wildman–Crippen LogP) is 5.14. The van der Waals surface area contributed by atoms with E-state index in [4.69, 9.17) is 4.74 Å². The van der Waals surface area contributed by atoms with E-state index in [0.29, 0.717) is 6.61 Å². The monoisotopic (exact) mass is 490 g/mol. The maximum Gasteiger partial charge on any atom is 0.261 e. The first-order valence-corrected chi connectivity index (χ1v) is 11.0. The summed E-state index contributed by atoms with van der Waals surface area (Å²) in [4.78, 5) is 12.1. The third kappa shape index (κ3) is 5.06. The largest absolute Gasteiger partial charge is 0.489 e. The molecule has 1 aromatic heterocycles. The summed E-state index contributed by atoms with van der Waals surface area (Å²) >= 11 is 3.46. The van der Waals surface area contributed by atoms with Crippen LogP contribution in [0, 0.1) is 13.8 Å². The number of aromatic nitrogens is 2. The van der Waals surface area contributed by atoms with Gasteiger partial charge in [-0.2, -0.15) is 10.2 Å². The normalized spacial score (nSPS) is 11.2. The number of ether oxygens (including phenoxy) is 1.